The van der Waals surface area contributed by atoms with E-state index in [0.29, 0.717) is 19.3 Å². The monoisotopic (exact) mass is 1050 g/mol. The fourth-order valence-electron chi connectivity index (χ4n) is 6.41. The number of carbonyl (C=O) groups is 3. The minimum absolute atomic E-state index is 0.0691. The number of unbranched alkanes of at least 4 members (excludes halogenated alkanes) is 6. The second-order valence-electron chi connectivity index (χ2n) is 17.3. The van der Waals surface area contributed by atoms with Gasteiger partial charge < -0.3 is 24.2 Å². The molecule has 74 heavy (non-hydrogen) atoms. The van der Waals surface area contributed by atoms with Gasteiger partial charge in [-0.15, -0.1) is 0 Å². The third-order valence-corrected chi connectivity index (χ3v) is 11.4. The Morgan fingerprint density at radius 2 is 0.716 bits per heavy atom. The normalized spacial score (nSPS) is 14.6. The van der Waals surface area contributed by atoms with Crippen molar-refractivity contribution in [1.29, 1.82) is 0 Å². The van der Waals surface area contributed by atoms with Crippen LogP contribution in [-0.2, 0) is 42.2 Å². The van der Waals surface area contributed by atoms with E-state index in [-0.39, 0.29) is 25.9 Å². The number of carbonyl (C=O) groups excluding carboxylic acids is 3. The van der Waals surface area contributed by atoms with Crippen molar-refractivity contribution < 1.29 is 52.2 Å². The number of hydrogen-bond donors (Lipinski definition) is 2. The first-order valence-electron chi connectivity index (χ1n) is 27.4. The molecule has 12 heteroatoms. The molecule has 0 spiro atoms. The fourth-order valence-corrected chi connectivity index (χ4v) is 7.19. The van der Waals surface area contributed by atoms with Gasteiger partial charge in [0.25, 0.3) is 0 Å². The maximum absolute atomic E-state index is 12.9. The van der Waals surface area contributed by atoms with Crippen LogP contribution in [0.4, 0.5) is 0 Å². The van der Waals surface area contributed by atoms with Gasteiger partial charge in [0.15, 0.2) is 6.10 Å². The molecule has 0 aliphatic carbocycles. The molecule has 0 aliphatic heterocycles. The smallest absolute Gasteiger partial charge is 0.462 e. The first-order valence-corrected chi connectivity index (χ1v) is 28.9. The van der Waals surface area contributed by atoms with Crippen molar-refractivity contribution >= 4 is 25.7 Å². The van der Waals surface area contributed by atoms with Gasteiger partial charge in [0.2, 0.25) is 0 Å². The Morgan fingerprint density at radius 3 is 1.14 bits per heavy atom. The van der Waals surface area contributed by atoms with E-state index in [9.17, 15) is 28.9 Å². The molecule has 0 aromatic rings. The summed E-state index contributed by atoms with van der Waals surface area (Å²) in [4.78, 5) is 48.4. The first kappa shape index (κ1) is 69.1. The Bertz CT molecular complexity index is 1840. The van der Waals surface area contributed by atoms with Gasteiger partial charge >= 0.3 is 25.7 Å². The number of ether oxygens (including phenoxy) is 3. The Morgan fingerprint density at radius 1 is 0.392 bits per heavy atom. The third-order valence-electron chi connectivity index (χ3n) is 10.5. The van der Waals surface area contributed by atoms with Gasteiger partial charge in [-0.2, -0.15) is 0 Å². The van der Waals surface area contributed by atoms with Gasteiger partial charge in [0, 0.05) is 12.8 Å². The number of allylic oxidation sites excluding steroid dienone is 25. The molecule has 414 valence electrons. The highest BCUT2D eigenvalue weighted by Crippen LogP contribution is 2.43. The molecule has 0 aromatic heterocycles. The first-order chi connectivity index (χ1) is 36.2. The highest BCUT2D eigenvalue weighted by atomic mass is 31.2. The van der Waals surface area contributed by atoms with Gasteiger partial charge in [0.05, 0.1) is 26.2 Å². The summed E-state index contributed by atoms with van der Waals surface area (Å²) < 4.78 is 39.3. The van der Waals surface area contributed by atoms with E-state index in [1.165, 1.54) is 0 Å². The molecule has 0 bridgehead atoms. The lowest BCUT2D eigenvalue weighted by Crippen LogP contribution is -2.30. The molecule has 0 radical (unpaired) electrons. The Hall–Kier alpha value is -4.90. The molecule has 0 aliphatic rings. The van der Waals surface area contributed by atoms with Crippen molar-refractivity contribution in [3.63, 3.8) is 0 Å². The predicted molar refractivity (Wildman–Crippen MR) is 306 cm³/mol. The molecule has 0 rings (SSSR count). The maximum Gasteiger partial charge on any atom is 0.472 e. The van der Waals surface area contributed by atoms with E-state index < -0.39 is 57.8 Å². The second-order valence-corrected chi connectivity index (χ2v) is 18.7. The summed E-state index contributed by atoms with van der Waals surface area (Å²) in [5, 5.41) is 9.78. The number of esters is 3. The molecule has 0 heterocycles. The molecular formula is C62H95O11P. The van der Waals surface area contributed by atoms with Crippen LogP contribution < -0.4 is 0 Å². The van der Waals surface area contributed by atoms with E-state index in [1.807, 2.05) is 18.2 Å². The van der Waals surface area contributed by atoms with Gasteiger partial charge in [-0.25, -0.2) is 4.57 Å². The summed E-state index contributed by atoms with van der Waals surface area (Å²) in [6.07, 6.45) is 71.0. The molecule has 3 unspecified atom stereocenters. The van der Waals surface area contributed by atoms with E-state index in [2.05, 4.69) is 154 Å². The Labute approximate surface area is 447 Å². The van der Waals surface area contributed by atoms with E-state index in [1.54, 1.807) is 6.08 Å². The lowest BCUT2D eigenvalue weighted by atomic mass is 10.1. The number of rotatable bonds is 48. The average Bonchev–Trinajstić information content (AvgIpc) is 3.39. The quantitative estimate of drug-likeness (QED) is 0.0197. The van der Waals surface area contributed by atoms with Crippen molar-refractivity contribution in [1.82, 2.24) is 0 Å². The van der Waals surface area contributed by atoms with Crippen LogP contribution >= 0.6 is 7.82 Å². The van der Waals surface area contributed by atoms with Crippen LogP contribution in [0.2, 0.25) is 0 Å². The van der Waals surface area contributed by atoms with Crippen molar-refractivity contribution in [3.05, 3.63) is 158 Å². The van der Waals surface area contributed by atoms with Gasteiger partial charge in [0.1, 0.15) is 12.7 Å². The highest BCUT2D eigenvalue weighted by molar-refractivity contribution is 7.47. The number of aliphatic hydroxyl groups is 1. The van der Waals surface area contributed by atoms with Crippen LogP contribution in [0.15, 0.2) is 158 Å². The number of phosphoric acid groups is 1. The zero-order chi connectivity index (χ0) is 54.1. The molecule has 0 saturated carbocycles. The van der Waals surface area contributed by atoms with Crippen LogP contribution in [0.3, 0.4) is 0 Å². The second kappa shape index (κ2) is 54.4. The highest BCUT2D eigenvalue weighted by Gasteiger charge is 2.28. The maximum atomic E-state index is 12.9. The summed E-state index contributed by atoms with van der Waals surface area (Å²) in [5.74, 6) is -1.71. The lowest BCUT2D eigenvalue weighted by molar-refractivity contribution is -0.161. The van der Waals surface area contributed by atoms with Crippen LogP contribution in [0.5, 0.6) is 0 Å². The predicted octanol–water partition coefficient (Wildman–Crippen LogP) is 16.1. The van der Waals surface area contributed by atoms with Crippen LogP contribution in [0.25, 0.3) is 0 Å². The minimum Gasteiger partial charge on any atom is -0.462 e. The Kier molecular flexibility index (Phi) is 50.8. The van der Waals surface area contributed by atoms with Gasteiger partial charge in [-0.1, -0.05) is 192 Å². The summed E-state index contributed by atoms with van der Waals surface area (Å²) in [6.45, 7) is 4.07. The largest absolute Gasteiger partial charge is 0.472 e. The summed E-state index contributed by atoms with van der Waals surface area (Å²) >= 11 is 0. The van der Waals surface area contributed by atoms with Crippen LogP contribution in [-0.4, -0.2) is 66.5 Å². The van der Waals surface area contributed by atoms with E-state index in [4.69, 9.17) is 23.3 Å². The standard InChI is InChI=1S/C62H95O11P/c1-4-7-10-13-16-19-22-25-28-29-32-35-38-41-44-47-50-53-62(66)73-59(55-69-60(64)51-48-45-42-39-36-33-30-26-23-20-17-14-11-8-5-2)57-71-74(67,68)70-56-58(54-63)72-61(65)52-49-46-43-40-37-34-31-27-24-21-18-15-12-9-6-3/h7-12,16-21,25-28,30-32,35-37,39-40,46,49,58-59,63H,4-6,13-15,22-24,29,33-34,38,41-45,47-48,50-57H2,1-3H3,(H,67,68)/b10-7-,11-8-,12-9-,19-16-,20-17-,21-18-,28-25-,30-26-,31-27-,35-32-,39-36-,40-37-,49-46-. The Balaban J connectivity index is 4.95. The van der Waals surface area contributed by atoms with Crippen molar-refractivity contribution in [2.24, 2.45) is 0 Å². The molecular weight excluding hydrogens is 952 g/mol. The van der Waals surface area contributed by atoms with Crippen molar-refractivity contribution in [2.45, 2.75) is 187 Å². The van der Waals surface area contributed by atoms with Crippen LogP contribution in [0, 0.1) is 0 Å². The van der Waals surface area contributed by atoms with Gasteiger partial charge in [-0.05, 0) is 122 Å². The molecule has 11 nitrogen and oxygen atoms in total. The number of phosphoric ester groups is 1. The van der Waals surface area contributed by atoms with Crippen molar-refractivity contribution in [3.8, 4) is 0 Å². The van der Waals surface area contributed by atoms with Gasteiger partial charge in [-0.3, -0.25) is 23.4 Å². The molecule has 2 N–H and O–H groups in total. The summed E-state index contributed by atoms with van der Waals surface area (Å²) in [7, 11) is -4.80. The average molecular weight is 1050 g/mol. The third kappa shape index (κ3) is 52.0. The van der Waals surface area contributed by atoms with E-state index >= 15 is 0 Å². The molecule has 3 atom stereocenters. The van der Waals surface area contributed by atoms with Crippen LogP contribution in [0.1, 0.15) is 175 Å². The number of aliphatic hydroxyl groups excluding tert-OH is 1. The molecule has 0 aromatic carbocycles. The SMILES string of the molecule is CC/C=C\C/C=C\C/C=C\C/C=C\C/C=C\CC(=O)OC(CO)COP(=O)(O)OCC(COC(=O)CCCC/C=C\C/C=C\C/C=C\C/C=C\CC)OC(=O)CCCCCC/C=C\C/C=C\C/C=C\C/C=C\CC. The molecule has 0 saturated heterocycles. The number of hydrogen-bond acceptors (Lipinski definition) is 10. The fraction of sp³-hybridized carbons (Fsp3) is 0.532. The zero-order valence-electron chi connectivity index (χ0n) is 45.5. The zero-order valence-corrected chi connectivity index (χ0v) is 46.4. The van der Waals surface area contributed by atoms with Crippen molar-refractivity contribution in [2.75, 3.05) is 26.4 Å². The summed E-state index contributed by atoms with van der Waals surface area (Å²) in [6, 6.07) is 0. The van der Waals surface area contributed by atoms with E-state index in [0.717, 1.165) is 116 Å². The molecule has 0 amide bonds. The topological polar surface area (TPSA) is 155 Å². The minimum atomic E-state index is -4.80. The lowest BCUT2D eigenvalue weighted by Gasteiger charge is -2.21. The summed E-state index contributed by atoms with van der Waals surface area (Å²) in [5.41, 5.74) is 0. The molecule has 0 fully saturated rings.